The quantitative estimate of drug-likeness (QED) is 0.353. The summed E-state index contributed by atoms with van der Waals surface area (Å²) in [6.07, 6.45) is 1.96. The second-order valence-electron chi connectivity index (χ2n) is 14.8. The van der Waals surface area contributed by atoms with Crippen LogP contribution in [0, 0.1) is 6.92 Å². The number of fused-ring (bicyclic) bond motifs is 2. The molecule has 0 saturated carbocycles. The minimum Gasteiger partial charge on any atom is -0.480 e. The maximum absolute atomic E-state index is 14.2. The number of benzene rings is 2. The number of ether oxygens (including phenoxy) is 1. The predicted molar refractivity (Wildman–Crippen MR) is 196 cm³/mol. The number of amides is 4. The number of nitrogens with one attached hydrogen (secondary N) is 1. The lowest BCUT2D eigenvalue weighted by Crippen LogP contribution is -2.55. The molecule has 4 aliphatic rings. The maximum Gasteiger partial charge on any atom is 0.419 e. The molecule has 1 atom stereocenters. The largest absolute Gasteiger partial charge is 0.480 e. The van der Waals surface area contributed by atoms with E-state index >= 15 is 0 Å². The van der Waals surface area contributed by atoms with Gasteiger partial charge in [-0.3, -0.25) is 24.0 Å². The molecule has 2 N–H and O–H groups in total. The highest BCUT2D eigenvalue weighted by Crippen LogP contribution is 2.27. The molecule has 15 heteroatoms. The number of aromatic nitrogens is 1. The lowest BCUT2D eigenvalue weighted by atomic mass is 9.99. The number of likely N-dealkylation sites (tertiary alicyclic amines) is 2. The Bertz CT molecular complexity index is 1900. The average Bonchev–Trinajstić information content (AvgIpc) is 3.33. The van der Waals surface area contributed by atoms with Crippen molar-refractivity contribution in [3.63, 3.8) is 0 Å². The van der Waals surface area contributed by atoms with Gasteiger partial charge in [-0.15, -0.1) is 0 Å². The third-order valence-corrected chi connectivity index (χ3v) is 11.4. The number of piperazine rings is 1. The number of oxazole rings is 1. The van der Waals surface area contributed by atoms with Crippen LogP contribution in [0.5, 0.6) is 0 Å². The van der Waals surface area contributed by atoms with Crippen LogP contribution in [0.3, 0.4) is 0 Å². The van der Waals surface area contributed by atoms with Crippen molar-refractivity contribution < 1.29 is 33.4 Å². The number of para-hydroxylation sites is 1. The van der Waals surface area contributed by atoms with E-state index in [1.165, 1.54) is 4.57 Å². The molecule has 0 bridgehead atoms. The second-order valence-corrected chi connectivity index (χ2v) is 14.8. The maximum atomic E-state index is 14.2. The third-order valence-electron chi connectivity index (χ3n) is 11.4. The molecule has 4 amide bonds. The first kappa shape index (κ1) is 36.5. The smallest absolute Gasteiger partial charge is 0.419 e. The molecule has 3 fully saturated rings. The van der Waals surface area contributed by atoms with Gasteiger partial charge in [-0.05, 0) is 67.9 Å². The van der Waals surface area contributed by atoms with Gasteiger partial charge < -0.3 is 34.3 Å². The van der Waals surface area contributed by atoms with Crippen LogP contribution in [0.1, 0.15) is 42.4 Å². The minimum absolute atomic E-state index is 0.0255. The van der Waals surface area contributed by atoms with Crippen LogP contribution in [0.15, 0.2) is 45.6 Å². The molecule has 2 aromatic carbocycles. The number of aryl methyl sites for hydroxylation is 2. The fraction of sp³-hybridized carbons (Fsp3) is 0.553. The monoisotopic (exact) mass is 731 g/mol. The van der Waals surface area contributed by atoms with Gasteiger partial charge in [0.25, 0.3) is 5.91 Å². The Morgan fingerprint density at radius 3 is 2.30 bits per heavy atom. The number of carbonyl (C=O) groups excluding carboxylic acids is 3. The lowest BCUT2D eigenvalue weighted by molar-refractivity contribution is -0.142. The number of hydrogen-bond acceptors (Lipinski definition) is 9. The minimum atomic E-state index is -1.08. The van der Waals surface area contributed by atoms with Gasteiger partial charge in [0.2, 0.25) is 0 Å². The normalized spacial score (nSPS) is 20.2. The van der Waals surface area contributed by atoms with Gasteiger partial charge in [0.05, 0.1) is 12.1 Å². The van der Waals surface area contributed by atoms with E-state index in [0.29, 0.717) is 75.8 Å². The van der Waals surface area contributed by atoms with E-state index < -0.39 is 23.9 Å². The van der Waals surface area contributed by atoms with Crippen molar-refractivity contribution in [3.05, 3.63) is 63.6 Å². The molecule has 7 rings (SSSR count). The van der Waals surface area contributed by atoms with Crippen LogP contribution in [0.2, 0.25) is 0 Å². The molecule has 5 heterocycles. The Morgan fingerprint density at radius 1 is 0.906 bits per heavy atom. The summed E-state index contributed by atoms with van der Waals surface area (Å²) in [5.74, 6) is -1.55. The molecule has 0 spiro atoms. The number of piperidine rings is 2. The lowest BCUT2D eigenvalue weighted by Gasteiger charge is -2.43. The highest BCUT2D eigenvalue weighted by atomic mass is 16.6. The number of hydrogen-bond donors (Lipinski definition) is 2. The van der Waals surface area contributed by atoms with Gasteiger partial charge >= 0.3 is 23.8 Å². The van der Waals surface area contributed by atoms with Crippen LogP contribution >= 0.6 is 0 Å². The zero-order chi connectivity index (χ0) is 37.2. The number of nitrogens with zero attached hydrogens (tertiary/aromatic N) is 6. The van der Waals surface area contributed by atoms with Crippen molar-refractivity contribution in [2.24, 2.45) is 7.05 Å². The van der Waals surface area contributed by atoms with Gasteiger partial charge in [-0.25, -0.2) is 14.4 Å². The van der Waals surface area contributed by atoms with E-state index in [-0.39, 0.29) is 30.9 Å². The first-order valence-electron chi connectivity index (χ1n) is 18.7. The van der Waals surface area contributed by atoms with Crippen molar-refractivity contribution >= 4 is 40.8 Å². The predicted octanol–water partition coefficient (Wildman–Crippen LogP) is 2.74. The molecule has 284 valence electrons. The van der Waals surface area contributed by atoms with Crippen molar-refractivity contribution in [2.45, 2.75) is 63.6 Å². The summed E-state index contributed by atoms with van der Waals surface area (Å²) in [5.41, 5.74) is 4.56. The van der Waals surface area contributed by atoms with E-state index in [9.17, 15) is 24.0 Å². The molecule has 4 aliphatic heterocycles. The zero-order valence-corrected chi connectivity index (χ0v) is 30.5. The second kappa shape index (κ2) is 15.6. The highest BCUT2D eigenvalue weighted by molar-refractivity contribution is 5.91. The summed E-state index contributed by atoms with van der Waals surface area (Å²) in [4.78, 5) is 74.1. The summed E-state index contributed by atoms with van der Waals surface area (Å²) in [5, 5.41) is 12.2. The fourth-order valence-corrected chi connectivity index (χ4v) is 8.52. The van der Waals surface area contributed by atoms with Gasteiger partial charge in [-0.1, -0.05) is 24.3 Å². The number of carboxylic acids is 1. The number of anilines is 1. The summed E-state index contributed by atoms with van der Waals surface area (Å²) in [7, 11) is 1.65. The zero-order valence-electron chi connectivity index (χ0n) is 30.5. The van der Waals surface area contributed by atoms with E-state index in [2.05, 4.69) is 10.2 Å². The number of carbonyl (C=O) groups is 4. The molecular formula is C38H49N7O8. The van der Waals surface area contributed by atoms with Crippen LogP contribution < -0.4 is 11.1 Å². The van der Waals surface area contributed by atoms with Crippen molar-refractivity contribution in [1.29, 1.82) is 0 Å². The molecule has 1 aromatic heterocycles. The summed E-state index contributed by atoms with van der Waals surface area (Å²) in [6.45, 7) is 7.33. The Balaban J connectivity index is 1.00. The van der Waals surface area contributed by atoms with E-state index in [1.54, 1.807) is 22.9 Å². The summed E-state index contributed by atoms with van der Waals surface area (Å²) < 4.78 is 13.0. The van der Waals surface area contributed by atoms with Crippen LogP contribution in [0.4, 0.5) is 15.3 Å². The van der Waals surface area contributed by atoms with Crippen LogP contribution in [-0.2, 0) is 34.2 Å². The Hall–Kier alpha value is -4.89. The van der Waals surface area contributed by atoms with Crippen LogP contribution in [0.25, 0.3) is 11.1 Å². The van der Waals surface area contributed by atoms with Crippen molar-refractivity contribution in [1.82, 2.24) is 29.1 Å². The average molecular weight is 732 g/mol. The fourth-order valence-electron chi connectivity index (χ4n) is 8.52. The first-order valence-corrected chi connectivity index (χ1v) is 18.7. The van der Waals surface area contributed by atoms with E-state index in [4.69, 9.17) is 14.3 Å². The Kier molecular flexibility index (Phi) is 10.7. The molecular weight excluding hydrogens is 682 g/mol. The SMILES string of the molecule is Cc1cc(C[C@@H](OC(=O)N2CCC(N3CCc4ccccc4NC3=O)CC2)C(=O)N2CCC(N3CCN(CC(=O)O)CC3)CC2)cc2oc(=O)n(C)c12. The van der Waals surface area contributed by atoms with Crippen LogP contribution in [-0.4, -0.2) is 142 Å². The Labute approximate surface area is 308 Å². The Morgan fingerprint density at radius 2 is 1.58 bits per heavy atom. The summed E-state index contributed by atoms with van der Waals surface area (Å²) >= 11 is 0. The number of carboxylic acid groups (broad SMARTS) is 1. The molecule has 0 aliphatic carbocycles. The third kappa shape index (κ3) is 8.05. The van der Waals surface area contributed by atoms with Crippen molar-refractivity contribution in [3.8, 4) is 0 Å². The number of rotatable bonds is 8. The highest BCUT2D eigenvalue weighted by Gasteiger charge is 2.37. The molecule has 53 heavy (non-hydrogen) atoms. The topological polar surface area (TPSA) is 161 Å². The van der Waals surface area contributed by atoms with Gasteiger partial charge in [-0.2, -0.15) is 0 Å². The van der Waals surface area contributed by atoms with Crippen molar-refractivity contribution in [2.75, 3.05) is 70.8 Å². The molecule has 0 radical (unpaired) electrons. The van der Waals surface area contributed by atoms with E-state index in [1.807, 2.05) is 47.1 Å². The number of aliphatic carboxylic acids is 1. The van der Waals surface area contributed by atoms with Gasteiger partial charge in [0.15, 0.2) is 11.7 Å². The van der Waals surface area contributed by atoms with Gasteiger partial charge in [0.1, 0.15) is 0 Å². The van der Waals surface area contributed by atoms with E-state index in [0.717, 1.165) is 54.7 Å². The molecule has 0 unspecified atom stereocenters. The van der Waals surface area contributed by atoms with Gasteiger partial charge in [0, 0.05) is 90.1 Å². The molecule has 3 saturated heterocycles. The first-order chi connectivity index (χ1) is 25.5. The number of urea groups is 1. The standard InChI is InChI=1S/C38H49N7O8/c1-25-21-26(22-31-34(25)40(2)37(50)52-31)23-32(35(48)43-12-8-28(9-13-43)42-19-17-41(18-20-42)24-33(46)47)53-38(51)44-14-10-29(11-15-44)45-16-7-27-5-3-4-6-30(27)39-36(45)49/h3-6,21-22,28-29,32H,7-20,23-24H2,1-2H3,(H,39,49)(H,46,47)/t32-/m1/s1. The molecule has 15 nitrogen and oxygen atoms in total. The molecule has 3 aromatic rings. The summed E-state index contributed by atoms with van der Waals surface area (Å²) in [6, 6.07) is 11.6.